The van der Waals surface area contributed by atoms with Crippen LogP contribution in [0.1, 0.15) is 6.42 Å². The Bertz CT molecular complexity index is 487. The second kappa shape index (κ2) is 5.00. The summed E-state index contributed by atoms with van der Waals surface area (Å²) in [5.74, 6) is 1.74. The Morgan fingerprint density at radius 2 is 1.89 bits per heavy atom. The summed E-state index contributed by atoms with van der Waals surface area (Å²) in [6, 6.07) is 8.20. The van der Waals surface area contributed by atoms with E-state index in [0.29, 0.717) is 12.0 Å². The van der Waals surface area contributed by atoms with Crippen molar-refractivity contribution in [1.82, 2.24) is 15.0 Å². The molecule has 2 aromatic rings. The van der Waals surface area contributed by atoms with Crippen LogP contribution in [0.2, 0.25) is 0 Å². The van der Waals surface area contributed by atoms with Crippen LogP contribution < -0.4 is 10.2 Å². The fourth-order valence-electron chi connectivity index (χ4n) is 2.18. The van der Waals surface area contributed by atoms with Crippen LogP contribution in [0.4, 0.5) is 11.8 Å². The maximum atomic E-state index is 4.37. The van der Waals surface area contributed by atoms with Crippen LogP contribution in [0.5, 0.6) is 0 Å². The Labute approximate surface area is 106 Å². The van der Waals surface area contributed by atoms with Crippen molar-refractivity contribution >= 4 is 11.8 Å². The molecule has 3 rings (SSSR count). The van der Waals surface area contributed by atoms with Crippen LogP contribution in [0.15, 0.2) is 42.9 Å². The largest absolute Gasteiger partial charge is 0.354 e. The SMILES string of the molecule is c1ccc(N2CCC(Nc3ncccn3)C2)nc1. The molecule has 0 amide bonds. The molecule has 0 aromatic carbocycles. The lowest BCUT2D eigenvalue weighted by molar-refractivity contribution is 0.791. The molecule has 0 spiro atoms. The monoisotopic (exact) mass is 241 g/mol. The van der Waals surface area contributed by atoms with Crippen LogP contribution >= 0.6 is 0 Å². The van der Waals surface area contributed by atoms with Gasteiger partial charge in [-0.2, -0.15) is 0 Å². The number of pyridine rings is 1. The van der Waals surface area contributed by atoms with Crippen molar-refractivity contribution in [3.8, 4) is 0 Å². The molecule has 1 saturated heterocycles. The Morgan fingerprint density at radius 1 is 1.06 bits per heavy atom. The van der Waals surface area contributed by atoms with Gasteiger partial charge in [-0.15, -0.1) is 0 Å². The predicted molar refractivity (Wildman–Crippen MR) is 70.5 cm³/mol. The van der Waals surface area contributed by atoms with E-state index in [9.17, 15) is 0 Å². The lowest BCUT2D eigenvalue weighted by Gasteiger charge is -2.17. The van der Waals surface area contributed by atoms with Crippen molar-refractivity contribution in [2.75, 3.05) is 23.3 Å². The molecule has 2 aromatic heterocycles. The minimum atomic E-state index is 0.384. The smallest absolute Gasteiger partial charge is 0.222 e. The molecule has 1 fully saturated rings. The molecule has 1 aliphatic heterocycles. The van der Waals surface area contributed by atoms with Crippen molar-refractivity contribution in [3.05, 3.63) is 42.9 Å². The molecule has 1 unspecified atom stereocenters. The highest BCUT2D eigenvalue weighted by atomic mass is 15.2. The Morgan fingerprint density at radius 3 is 2.67 bits per heavy atom. The molecule has 1 N–H and O–H groups in total. The summed E-state index contributed by atoms with van der Waals surface area (Å²) in [6.45, 7) is 1.96. The van der Waals surface area contributed by atoms with Crippen LogP contribution in [-0.4, -0.2) is 34.1 Å². The predicted octanol–water partition coefficient (Wildman–Crippen LogP) is 1.56. The number of nitrogens with one attached hydrogen (secondary N) is 1. The fourth-order valence-corrected chi connectivity index (χ4v) is 2.18. The molecular weight excluding hydrogens is 226 g/mol. The molecule has 5 heteroatoms. The second-order valence-electron chi connectivity index (χ2n) is 4.34. The van der Waals surface area contributed by atoms with Gasteiger partial charge >= 0.3 is 0 Å². The lowest BCUT2D eigenvalue weighted by atomic mass is 10.3. The fraction of sp³-hybridized carbons (Fsp3) is 0.308. The third-order valence-corrected chi connectivity index (χ3v) is 3.06. The van der Waals surface area contributed by atoms with E-state index in [-0.39, 0.29) is 0 Å². The molecule has 0 bridgehead atoms. The molecule has 92 valence electrons. The third-order valence-electron chi connectivity index (χ3n) is 3.06. The van der Waals surface area contributed by atoms with Gasteiger partial charge in [-0.1, -0.05) is 6.07 Å². The van der Waals surface area contributed by atoms with Gasteiger partial charge in [-0.3, -0.25) is 0 Å². The number of hydrogen-bond acceptors (Lipinski definition) is 5. The van der Waals surface area contributed by atoms with Crippen LogP contribution in [0.25, 0.3) is 0 Å². The summed E-state index contributed by atoms with van der Waals surface area (Å²) in [6.07, 6.45) is 6.41. The third kappa shape index (κ3) is 2.40. The zero-order valence-corrected chi connectivity index (χ0v) is 10.0. The van der Waals surface area contributed by atoms with Gasteiger partial charge in [0.1, 0.15) is 5.82 Å². The van der Waals surface area contributed by atoms with E-state index in [2.05, 4.69) is 25.2 Å². The molecule has 5 nitrogen and oxygen atoms in total. The first kappa shape index (κ1) is 11.0. The number of rotatable bonds is 3. The Hall–Kier alpha value is -2.17. The van der Waals surface area contributed by atoms with Gasteiger partial charge in [0.05, 0.1) is 0 Å². The van der Waals surface area contributed by atoms with Gasteiger partial charge in [-0.25, -0.2) is 15.0 Å². The standard InChI is InChI=1S/C13H15N5/c1-2-6-14-12(4-1)18-9-5-11(10-18)17-13-15-7-3-8-16-13/h1-4,6-8,11H,5,9-10H2,(H,15,16,17). The normalized spacial score (nSPS) is 18.9. The minimum Gasteiger partial charge on any atom is -0.354 e. The maximum Gasteiger partial charge on any atom is 0.222 e. The highest BCUT2D eigenvalue weighted by molar-refractivity contribution is 5.41. The van der Waals surface area contributed by atoms with Crippen molar-refractivity contribution in [2.45, 2.75) is 12.5 Å². The van der Waals surface area contributed by atoms with Crippen LogP contribution in [0, 0.1) is 0 Å². The van der Waals surface area contributed by atoms with Gasteiger partial charge in [0.15, 0.2) is 0 Å². The van der Waals surface area contributed by atoms with E-state index in [0.717, 1.165) is 25.3 Å². The zero-order valence-electron chi connectivity index (χ0n) is 10.0. The van der Waals surface area contributed by atoms with E-state index in [1.807, 2.05) is 30.5 Å². The minimum absolute atomic E-state index is 0.384. The molecule has 18 heavy (non-hydrogen) atoms. The number of hydrogen-bond donors (Lipinski definition) is 1. The summed E-state index contributed by atoms with van der Waals surface area (Å²) in [4.78, 5) is 15.0. The van der Waals surface area contributed by atoms with Crippen molar-refractivity contribution < 1.29 is 0 Å². The topological polar surface area (TPSA) is 53.9 Å². The summed E-state index contributed by atoms with van der Waals surface area (Å²) < 4.78 is 0. The summed E-state index contributed by atoms with van der Waals surface area (Å²) in [5.41, 5.74) is 0. The average molecular weight is 241 g/mol. The van der Waals surface area contributed by atoms with Gasteiger partial charge in [0.2, 0.25) is 5.95 Å². The first-order chi connectivity index (χ1) is 8.92. The average Bonchev–Trinajstić information content (AvgIpc) is 2.89. The number of aromatic nitrogens is 3. The van der Waals surface area contributed by atoms with Crippen molar-refractivity contribution in [1.29, 1.82) is 0 Å². The van der Waals surface area contributed by atoms with Crippen LogP contribution in [0.3, 0.4) is 0 Å². The Balaban J connectivity index is 1.62. The van der Waals surface area contributed by atoms with E-state index >= 15 is 0 Å². The van der Waals surface area contributed by atoms with E-state index in [1.54, 1.807) is 12.4 Å². The summed E-state index contributed by atoms with van der Waals surface area (Å²) in [5, 5.41) is 3.35. The summed E-state index contributed by atoms with van der Waals surface area (Å²) in [7, 11) is 0. The van der Waals surface area contributed by atoms with Gasteiger partial charge in [-0.05, 0) is 24.6 Å². The molecule has 1 aliphatic rings. The highest BCUT2D eigenvalue weighted by Crippen LogP contribution is 2.18. The van der Waals surface area contributed by atoms with Crippen LogP contribution in [-0.2, 0) is 0 Å². The highest BCUT2D eigenvalue weighted by Gasteiger charge is 2.23. The number of anilines is 2. The molecule has 0 saturated carbocycles. The quantitative estimate of drug-likeness (QED) is 0.883. The van der Waals surface area contributed by atoms with Gasteiger partial charge in [0, 0.05) is 37.7 Å². The van der Waals surface area contributed by atoms with Gasteiger partial charge in [0.25, 0.3) is 0 Å². The zero-order chi connectivity index (χ0) is 12.2. The van der Waals surface area contributed by atoms with E-state index < -0.39 is 0 Å². The molecule has 0 aliphatic carbocycles. The van der Waals surface area contributed by atoms with Gasteiger partial charge < -0.3 is 10.2 Å². The van der Waals surface area contributed by atoms with Crippen molar-refractivity contribution in [2.24, 2.45) is 0 Å². The number of nitrogens with zero attached hydrogens (tertiary/aromatic N) is 4. The maximum absolute atomic E-state index is 4.37. The molecule has 1 atom stereocenters. The molecular formula is C13H15N5. The van der Waals surface area contributed by atoms with E-state index in [1.165, 1.54) is 0 Å². The molecule has 0 radical (unpaired) electrons. The van der Waals surface area contributed by atoms with Crippen molar-refractivity contribution in [3.63, 3.8) is 0 Å². The second-order valence-corrected chi connectivity index (χ2v) is 4.34. The Kier molecular flexibility index (Phi) is 3.04. The summed E-state index contributed by atoms with van der Waals surface area (Å²) >= 11 is 0. The first-order valence-corrected chi connectivity index (χ1v) is 6.11. The molecule has 3 heterocycles. The lowest BCUT2D eigenvalue weighted by Crippen LogP contribution is -2.27. The van der Waals surface area contributed by atoms with E-state index in [4.69, 9.17) is 0 Å². The first-order valence-electron chi connectivity index (χ1n) is 6.11.